The topological polar surface area (TPSA) is 79.9 Å². The van der Waals surface area contributed by atoms with Gasteiger partial charge in [-0.1, -0.05) is 12.1 Å². The molecule has 2 N–H and O–H groups in total. The first kappa shape index (κ1) is 15.7. The lowest BCUT2D eigenvalue weighted by Crippen LogP contribution is -2.24. The van der Waals surface area contributed by atoms with Crippen LogP contribution in [0.25, 0.3) is 11.4 Å². The maximum Gasteiger partial charge on any atom is 0.254 e. The maximum atomic E-state index is 13.5. The van der Waals surface area contributed by atoms with E-state index < -0.39 is 11.7 Å². The summed E-state index contributed by atoms with van der Waals surface area (Å²) >= 11 is 0. The van der Waals surface area contributed by atoms with Gasteiger partial charge in [0.1, 0.15) is 17.4 Å². The molecule has 0 spiro atoms. The molecule has 0 atom stereocenters. The Bertz CT molecular complexity index is 846. The number of hydrogen-bond acceptors (Lipinski definition) is 4. The van der Waals surface area contributed by atoms with Crippen LogP contribution in [0.5, 0.6) is 5.75 Å². The zero-order valence-corrected chi connectivity index (χ0v) is 12.9. The van der Waals surface area contributed by atoms with Gasteiger partial charge in [0.2, 0.25) is 0 Å². The van der Waals surface area contributed by atoms with Gasteiger partial charge in [0, 0.05) is 5.56 Å². The molecule has 1 amide bonds. The van der Waals surface area contributed by atoms with Gasteiger partial charge < -0.3 is 10.1 Å². The first-order chi connectivity index (χ1) is 11.7. The van der Waals surface area contributed by atoms with E-state index in [0.717, 1.165) is 11.3 Å². The van der Waals surface area contributed by atoms with E-state index in [1.807, 2.05) is 24.3 Å². The lowest BCUT2D eigenvalue weighted by Gasteiger charge is -2.03. The number of H-pyrrole nitrogens is 1. The van der Waals surface area contributed by atoms with Crippen molar-refractivity contribution in [3.63, 3.8) is 0 Å². The molecule has 7 heteroatoms. The molecule has 0 bridgehead atoms. The van der Waals surface area contributed by atoms with E-state index in [4.69, 9.17) is 4.74 Å². The van der Waals surface area contributed by atoms with Gasteiger partial charge in [0.15, 0.2) is 5.82 Å². The summed E-state index contributed by atoms with van der Waals surface area (Å²) in [7, 11) is 1.60. The van der Waals surface area contributed by atoms with Crippen molar-refractivity contribution < 1.29 is 13.9 Å². The number of rotatable bonds is 5. The molecule has 0 fully saturated rings. The molecule has 1 heterocycles. The summed E-state index contributed by atoms with van der Waals surface area (Å²) in [4.78, 5) is 16.3. The quantitative estimate of drug-likeness (QED) is 0.755. The summed E-state index contributed by atoms with van der Waals surface area (Å²) in [6.45, 7) is 0.121. The normalized spacial score (nSPS) is 10.4. The van der Waals surface area contributed by atoms with Crippen molar-refractivity contribution in [2.45, 2.75) is 6.54 Å². The highest BCUT2D eigenvalue weighted by Crippen LogP contribution is 2.18. The largest absolute Gasteiger partial charge is 0.497 e. The lowest BCUT2D eigenvalue weighted by molar-refractivity contribution is 0.0946. The number of benzene rings is 2. The van der Waals surface area contributed by atoms with Crippen molar-refractivity contribution in [3.05, 3.63) is 65.7 Å². The van der Waals surface area contributed by atoms with Gasteiger partial charge in [-0.05, 0) is 36.4 Å². The smallest absolute Gasteiger partial charge is 0.254 e. The third-order valence-electron chi connectivity index (χ3n) is 3.41. The number of ether oxygens (including phenoxy) is 1. The van der Waals surface area contributed by atoms with E-state index >= 15 is 0 Å². The van der Waals surface area contributed by atoms with Crippen LogP contribution < -0.4 is 10.1 Å². The number of halogens is 1. The second-order valence-electron chi connectivity index (χ2n) is 5.00. The van der Waals surface area contributed by atoms with Gasteiger partial charge >= 0.3 is 0 Å². The number of nitrogens with one attached hydrogen (secondary N) is 2. The van der Waals surface area contributed by atoms with Crippen LogP contribution in [-0.4, -0.2) is 28.2 Å². The minimum absolute atomic E-state index is 0.00704. The molecular formula is C17H15FN4O2. The lowest BCUT2D eigenvalue weighted by atomic mass is 10.2. The molecule has 0 saturated carbocycles. The number of carbonyl (C=O) groups excluding carboxylic acids is 1. The van der Waals surface area contributed by atoms with Crippen molar-refractivity contribution in [2.75, 3.05) is 7.11 Å². The van der Waals surface area contributed by atoms with Crippen molar-refractivity contribution in [1.29, 1.82) is 0 Å². The molecule has 6 nitrogen and oxygen atoms in total. The fourth-order valence-corrected chi connectivity index (χ4v) is 2.15. The number of hydrogen-bond donors (Lipinski definition) is 2. The molecule has 0 aliphatic heterocycles. The highest BCUT2D eigenvalue weighted by atomic mass is 19.1. The molecule has 2 aromatic carbocycles. The van der Waals surface area contributed by atoms with Gasteiger partial charge in [0.25, 0.3) is 5.91 Å². The first-order valence-electron chi connectivity index (χ1n) is 7.26. The molecule has 24 heavy (non-hydrogen) atoms. The summed E-state index contributed by atoms with van der Waals surface area (Å²) in [5, 5.41) is 9.47. The zero-order chi connectivity index (χ0) is 16.9. The third kappa shape index (κ3) is 3.40. The Morgan fingerprint density at radius 1 is 1.21 bits per heavy atom. The molecule has 3 aromatic rings. The van der Waals surface area contributed by atoms with E-state index in [1.165, 1.54) is 18.2 Å². The van der Waals surface area contributed by atoms with E-state index in [2.05, 4.69) is 20.5 Å². The van der Waals surface area contributed by atoms with Crippen LogP contribution in [0.4, 0.5) is 4.39 Å². The van der Waals surface area contributed by atoms with E-state index in [0.29, 0.717) is 11.6 Å². The fraction of sp³-hybridized carbons (Fsp3) is 0.118. The standard InChI is InChI=1S/C17H15FN4O2/c1-24-12-8-6-11(7-9-12)16-20-15(21-22-16)10-19-17(23)13-4-2-3-5-14(13)18/h2-9H,10H2,1H3,(H,19,23)(H,20,21,22). The molecular weight excluding hydrogens is 311 g/mol. The Hall–Kier alpha value is -3.22. The zero-order valence-electron chi connectivity index (χ0n) is 12.9. The Kier molecular flexibility index (Phi) is 4.51. The van der Waals surface area contributed by atoms with Gasteiger partial charge in [-0.3, -0.25) is 9.89 Å². The number of aromatic amines is 1. The summed E-state index contributed by atoms with van der Waals surface area (Å²) in [5.41, 5.74) is 0.811. The van der Waals surface area contributed by atoms with Crippen molar-refractivity contribution in [3.8, 4) is 17.1 Å². The number of nitrogens with zero attached hydrogens (tertiary/aromatic N) is 2. The van der Waals surface area contributed by atoms with Crippen LogP contribution >= 0.6 is 0 Å². The van der Waals surface area contributed by atoms with Gasteiger partial charge in [0.05, 0.1) is 19.2 Å². The Balaban J connectivity index is 1.66. The van der Waals surface area contributed by atoms with Crippen LogP contribution in [0.15, 0.2) is 48.5 Å². The molecule has 3 rings (SSSR count). The molecule has 0 aliphatic rings. The molecule has 1 aromatic heterocycles. The summed E-state index contributed by atoms with van der Waals surface area (Å²) < 4.78 is 18.6. The highest BCUT2D eigenvalue weighted by Gasteiger charge is 2.12. The van der Waals surface area contributed by atoms with E-state index in [9.17, 15) is 9.18 Å². The third-order valence-corrected chi connectivity index (χ3v) is 3.41. The monoisotopic (exact) mass is 326 g/mol. The van der Waals surface area contributed by atoms with Crippen LogP contribution in [0.3, 0.4) is 0 Å². The van der Waals surface area contributed by atoms with Crippen molar-refractivity contribution in [1.82, 2.24) is 20.5 Å². The highest BCUT2D eigenvalue weighted by molar-refractivity contribution is 5.94. The van der Waals surface area contributed by atoms with E-state index in [-0.39, 0.29) is 12.1 Å². The molecule has 0 unspecified atom stereocenters. The minimum Gasteiger partial charge on any atom is -0.497 e. The van der Waals surface area contributed by atoms with Crippen LogP contribution in [0.1, 0.15) is 16.2 Å². The molecule has 0 saturated heterocycles. The average molecular weight is 326 g/mol. The second-order valence-corrected chi connectivity index (χ2v) is 5.00. The molecule has 0 radical (unpaired) electrons. The van der Waals surface area contributed by atoms with Crippen LogP contribution in [0.2, 0.25) is 0 Å². The second kappa shape index (κ2) is 6.91. The SMILES string of the molecule is COc1ccc(-c2n[nH]c(CNC(=O)c3ccccc3F)n2)cc1. The van der Waals surface area contributed by atoms with E-state index in [1.54, 1.807) is 13.2 Å². The van der Waals surface area contributed by atoms with Crippen LogP contribution in [-0.2, 0) is 6.54 Å². The predicted octanol–water partition coefficient (Wildman–Crippen LogP) is 2.55. The Morgan fingerprint density at radius 3 is 2.67 bits per heavy atom. The van der Waals surface area contributed by atoms with Crippen molar-refractivity contribution in [2.24, 2.45) is 0 Å². The average Bonchev–Trinajstić information content (AvgIpc) is 3.09. The number of amides is 1. The summed E-state index contributed by atoms with van der Waals surface area (Å²) in [6.07, 6.45) is 0. The van der Waals surface area contributed by atoms with Crippen LogP contribution in [0, 0.1) is 5.82 Å². The Morgan fingerprint density at radius 2 is 1.96 bits per heavy atom. The van der Waals surface area contributed by atoms with Gasteiger partial charge in [-0.2, -0.15) is 5.10 Å². The Labute approximate surface area is 137 Å². The summed E-state index contributed by atoms with van der Waals surface area (Å²) in [5.74, 6) is 0.659. The van der Waals surface area contributed by atoms with Gasteiger partial charge in [-0.25, -0.2) is 9.37 Å². The number of carbonyl (C=O) groups is 1. The number of aromatic nitrogens is 3. The summed E-state index contributed by atoms with van der Waals surface area (Å²) in [6, 6.07) is 13.1. The first-order valence-corrected chi connectivity index (χ1v) is 7.26. The van der Waals surface area contributed by atoms with Crippen molar-refractivity contribution >= 4 is 5.91 Å². The predicted molar refractivity (Wildman–Crippen MR) is 85.9 cm³/mol. The maximum absolute atomic E-state index is 13.5. The fourth-order valence-electron chi connectivity index (χ4n) is 2.15. The minimum atomic E-state index is -0.563. The molecule has 0 aliphatic carbocycles. The number of methoxy groups -OCH3 is 1. The van der Waals surface area contributed by atoms with Gasteiger partial charge in [-0.15, -0.1) is 0 Å². The molecule has 122 valence electrons.